The van der Waals surface area contributed by atoms with Crippen LogP contribution in [0.5, 0.6) is 0 Å². The first-order valence-electron chi connectivity index (χ1n) is 5.19. The maximum absolute atomic E-state index is 13.1. The molecule has 1 heterocycles. The van der Waals surface area contributed by atoms with Gasteiger partial charge in [-0.1, -0.05) is 19.9 Å². The molecule has 16 heavy (non-hydrogen) atoms. The molecule has 2 aromatic rings. The molecule has 0 fully saturated rings. The normalized spacial score (nSPS) is 11.0. The van der Waals surface area contributed by atoms with Crippen molar-refractivity contribution in [1.82, 2.24) is 9.78 Å². The molecule has 0 aliphatic heterocycles. The summed E-state index contributed by atoms with van der Waals surface area (Å²) in [4.78, 5) is 0. The molecule has 0 saturated heterocycles. The zero-order valence-electron chi connectivity index (χ0n) is 9.31. The zero-order valence-corrected chi connectivity index (χ0v) is 9.31. The lowest BCUT2D eigenvalue weighted by Gasteiger charge is -2.03. The number of nitrogens with zero attached hydrogens (tertiary/aromatic N) is 2. The lowest BCUT2D eigenvalue weighted by Crippen LogP contribution is -2.02. The number of anilines is 1. The summed E-state index contributed by atoms with van der Waals surface area (Å²) in [5, 5.41) is 4.35. The summed E-state index contributed by atoms with van der Waals surface area (Å²) in [6.45, 7) is 4.08. The molecule has 0 atom stereocenters. The van der Waals surface area contributed by atoms with E-state index < -0.39 is 0 Å². The van der Waals surface area contributed by atoms with Gasteiger partial charge in [-0.3, -0.25) is 0 Å². The van der Waals surface area contributed by atoms with Crippen LogP contribution in [0.4, 0.5) is 10.2 Å². The molecule has 84 valence electrons. The molecule has 2 rings (SSSR count). The van der Waals surface area contributed by atoms with Crippen LogP contribution in [-0.4, -0.2) is 9.78 Å². The minimum Gasteiger partial charge on any atom is -0.384 e. The van der Waals surface area contributed by atoms with E-state index in [1.807, 2.05) is 19.9 Å². The summed E-state index contributed by atoms with van der Waals surface area (Å²) in [5.74, 6) is 0.532. The van der Waals surface area contributed by atoms with Gasteiger partial charge in [0.15, 0.2) is 0 Å². The van der Waals surface area contributed by atoms with Gasteiger partial charge >= 0.3 is 0 Å². The number of rotatable bonds is 2. The molecule has 0 saturated carbocycles. The van der Waals surface area contributed by atoms with Gasteiger partial charge in [0, 0.05) is 6.07 Å². The van der Waals surface area contributed by atoms with Gasteiger partial charge in [0.05, 0.1) is 11.4 Å². The van der Waals surface area contributed by atoms with Crippen LogP contribution in [0.3, 0.4) is 0 Å². The Balaban J connectivity index is 2.48. The Hall–Kier alpha value is -1.84. The van der Waals surface area contributed by atoms with Gasteiger partial charge in [-0.25, -0.2) is 9.07 Å². The number of aromatic nitrogens is 2. The van der Waals surface area contributed by atoms with Crippen LogP contribution >= 0.6 is 0 Å². The first-order chi connectivity index (χ1) is 7.58. The van der Waals surface area contributed by atoms with Gasteiger partial charge in [-0.15, -0.1) is 0 Å². The smallest absolute Gasteiger partial charge is 0.127 e. The van der Waals surface area contributed by atoms with Crippen molar-refractivity contribution in [3.63, 3.8) is 0 Å². The molecule has 1 aromatic heterocycles. The lowest BCUT2D eigenvalue weighted by molar-refractivity contribution is 0.625. The molecule has 1 aromatic carbocycles. The van der Waals surface area contributed by atoms with Crippen molar-refractivity contribution in [2.24, 2.45) is 0 Å². The number of benzene rings is 1. The lowest BCUT2D eigenvalue weighted by atomic mass is 10.1. The molecule has 0 radical (unpaired) electrons. The standard InChI is InChI=1S/C12H14FN3/c1-8(2)11-7-12(14)16(15-11)10-5-3-4-9(13)6-10/h3-8H,14H2,1-2H3. The van der Waals surface area contributed by atoms with Gasteiger partial charge in [0.2, 0.25) is 0 Å². The molecule has 0 aliphatic rings. The van der Waals surface area contributed by atoms with Gasteiger partial charge in [-0.2, -0.15) is 5.10 Å². The highest BCUT2D eigenvalue weighted by molar-refractivity contribution is 5.43. The van der Waals surface area contributed by atoms with E-state index >= 15 is 0 Å². The van der Waals surface area contributed by atoms with Crippen molar-refractivity contribution in [3.05, 3.63) is 41.8 Å². The Morgan fingerprint density at radius 2 is 2.06 bits per heavy atom. The topological polar surface area (TPSA) is 43.8 Å². The predicted molar refractivity (Wildman–Crippen MR) is 62.0 cm³/mol. The maximum atomic E-state index is 13.1. The fourth-order valence-corrected chi connectivity index (χ4v) is 1.51. The van der Waals surface area contributed by atoms with E-state index in [-0.39, 0.29) is 5.82 Å². The predicted octanol–water partition coefficient (Wildman–Crippen LogP) is 2.72. The van der Waals surface area contributed by atoms with E-state index in [2.05, 4.69) is 5.10 Å². The second-order valence-corrected chi connectivity index (χ2v) is 4.04. The third-order valence-electron chi connectivity index (χ3n) is 2.40. The monoisotopic (exact) mass is 219 g/mol. The highest BCUT2D eigenvalue weighted by atomic mass is 19.1. The van der Waals surface area contributed by atoms with Crippen LogP contribution < -0.4 is 5.73 Å². The number of hydrogen-bond acceptors (Lipinski definition) is 2. The first kappa shape index (κ1) is 10.7. The summed E-state index contributed by atoms with van der Waals surface area (Å²) in [5.41, 5.74) is 7.39. The molecule has 0 unspecified atom stereocenters. The highest BCUT2D eigenvalue weighted by Gasteiger charge is 2.09. The third-order valence-corrected chi connectivity index (χ3v) is 2.40. The summed E-state index contributed by atoms with van der Waals surface area (Å²) < 4.78 is 14.6. The van der Waals surface area contributed by atoms with Crippen LogP contribution in [0, 0.1) is 5.82 Å². The van der Waals surface area contributed by atoms with Crippen LogP contribution in [0.2, 0.25) is 0 Å². The van der Waals surface area contributed by atoms with Crippen LogP contribution in [0.25, 0.3) is 5.69 Å². The maximum Gasteiger partial charge on any atom is 0.127 e. The molecule has 0 aliphatic carbocycles. The second kappa shape index (κ2) is 3.96. The van der Waals surface area contributed by atoms with Gasteiger partial charge in [-0.05, 0) is 24.1 Å². The molecular formula is C12H14FN3. The summed E-state index contributed by atoms with van der Waals surface area (Å²) in [6, 6.07) is 8.03. The van der Waals surface area contributed by atoms with Crippen molar-refractivity contribution in [2.45, 2.75) is 19.8 Å². The molecule has 0 spiro atoms. The third kappa shape index (κ3) is 1.91. The van der Waals surface area contributed by atoms with Crippen LogP contribution in [0.15, 0.2) is 30.3 Å². The summed E-state index contributed by atoms with van der Waals surface area (Å²) in [6.07, 6.45) is 0. The molecular weight excluding hydrogens is 205 g/mol. The average molecular weight is 219 g/mol. The minimum absolute atomic E-state index is 0.293. The molecule has 0 bridgehead atoms. The fourth-order valence-electron chi connectivity index (χ4n) is 1.51. The van der Waals surface area contributed by atoms with Crippen molar-refractivity contribution in [2.75, 3.05) is 5.73 Å². The number of hydrogen-bond donors (Lipinski definition) is 1. The average Bonchev–Trinajstić information content (AvgIpc) is 2.60. The molecule has 4 heteroatoms. The molecule has 0 amide bonds. The zero-order chi connectivity index (χ0) is 11.7. The van der Waals surface area contributed by atoms with Crippen LogP contribution in [0.1, 0.15) is 25.5 Å². The summed E-state index contributed by atoms with van der Waals surface area (Å²) >= 11 is 0. The summed E-state index contributed by atoms with van der Waals surface area (Å²) in [7, 11) is 0. The van der Waals surface area contributed by atoms with E-state index in [0.717, 1.165) is 5.69 Å². The van der Waals surface area contributed by atoms with Crippen molar-refractivity contribution in [1.29, 1.82) is 0 Å². The van der Waals surface area contributed by atoms with E-state index in [1.165, 1.54) is 12.1 Å². The highest BCUT2D eigenvalue weighted by Crippen LogP contribution is 2.19. The Morgan fingerprint density at radius 3 is 2.62 bits per heavy atom. The van der Waals surface area contributed by atoms with Crippen LogP contribution in [-0.2, 0) is 0 Å². The Kier molecular flexibility index (Phi) is 2.64. The Morgan fingerprint density at radius 1 is 1.31 bits per heavy atom. The fraction of sp³-hybridized carbons (Fsp3) is 0.250. The van der Waals surface area contributed by atoms with Gasteiger partial charge in [0.1, 0.15) is 11.6 Å². The SMILES string of the molecule is CC(C)c1cc(N)n(-c2cccc(F)c2)n1. The Bertz CT molecular complexity index is 503. The number of halogens is 1. The largest absolute Gasteiger partial charge is 0.384 e. The number of nitrogen functional groups attached to an aromatic ring is 1. The molecule has 2 N–H and O–H groups in total. The second-order valence-electron chi connectivity index (χ2n) is 4.04. The van der Waals surface area contributed by atoms with E-state index in [4.69, 9.17) is 5.73 Å². The quantitative estimate of drug-likeness (QED) is 0.844. The van der Waals surface area contributed by atoms with E-state index in [9.17, 15) is 4.39 Å². The van der Waals surface area contributed by atoms with E-state index in [0.29, 0.717) is 17.4 Å². The molecule has 3 nitrogen and oxygen atoms in total. The number of nitrogens with two attached hydrogens (primary N) is 1. The van der Waals surface area contributed by atoms with Crippen molar-refractivity contribution >= 4 is 5.82 Å². The van der Waals surface area contributed by atoms with Crippen molar-refractivity contribution in [3.8, 4) is 5.69 Å². The first-order valence-corrected chi connectivity index (χ1v) is 5.19. The van der Waals surface area contributed by atoms with Gasteiger partial charge < -0.3 is 5.73 Å². The van der Waals surface area contributed by atoms with Crippen molar-refractivity contribution < 1.29 is 4.39 Å². The Labute approximate surface area is 93.7 Å². The van der Waals surface area contributed by atoms with Gasteiger partial charge in [0.25, 0.3) is 0 Å². The van der Waals surface area contributed by atoms with E-state index in [1.54, 1.807) is 16.8 Å². The minimum atomic E-state index is -0.293.